The van der Waals surface area contributed by atoms with E-state index >= 15 is 0 Å². The lowest BCUT2D eigenvalue weighted by Crippen LogP contribution is -2.46. The summed E-state index contributed by atoms with van der Waals surface area (Å²) in [5, 5.41) is 12.3. The zero-order chi connectivity index (χ0) is 15.6. The molecule has 4 nitrogen and oxygen atoms in total. The Balaban J connectivity index is 1.60. The molecule has 3 rings (SSSR count). The Labute approximate surface area is 134 Å². The van der Waals surface area contributed by atoms with E-state index in [0.717, 1.165) is 30.6 Å². The zero-order valence-corrected chi connectivity index (χ0v) is 13.3. The molecular weight excluding hydrogens is 298 g/mol. The van der Waals surface area contributed by atoms with Crippen LogP contribution in [0.1, 0.15) is 37.7 Å². The molecule has 118 valence electrons. The second kappa shape index (κ2) is 6.32. The summed E-state index contributed by atoms with van der Waals surface area (Å²) < 4.78 is 0. The van der Waals surface area contributed by atoms with Crippen molar-refractivity contribution >= 4 is 23.6 Å². The summed E-state index contributed by atoms with van der Waals surface area (Å²) in [5.41, 5.74) is 0.447. The molecule has 0 radical (unpaired) electrons. The fourth-order valence-corrected chi connectivity index (χ4v) is 4.61. The Kier molecular flexibility index (Phi) is 4.43. The van der Waals surface area contributed by atoms with Crippen LogP contribution in [0.2, 0.25) is 0 Å². The van der Waals surface area contributed by atoms with Crippen molar-refractivity contribution in [2.24, 2.45) is 5.41 Å². The van der Waals surface area contributed by atoms with Gasteiger partial charge < -0.3 is 10.4 Å². The first kappa shape index (κ1) is 15.4. The molecule has 1 aromatic rings. The topological polar surface area (TPSA) is 66.4 Å². The highest BCUT2D eigenvalue weighted by Crippen LogP contribution is 2.38. The van der Waals surface area contributed by atoms with Gasteiger partial charge in [0.2, 0.25) is 5.91 Å². The summed E-state index contributed by atoms with van der Waals surface area (Å²) in [4.78, 5) is 25.2. The van der Waals surface area contributed by atoms with Crippen LogP contribution >= 0.6 is 11.8 Å². The van der Waals surface area contributed by atoms with E-state index in [4.69, 9.17) is 0 Å². The monoisotopic (exact) mass is 319 g/mol. The van der Waals surface area contributed by atoms with Crippen molar-refractivity contribution in [2.45, 2.75) is 48.7 Å². The van der Waals surface area contributed by atoms with Crippen LogP contribution < -0.4 is 5.32 Å². The number of amides is 1. The summed E-state index contributed by atoms with van der Waals surface area (Å²) >= 11 is 1.58. The predicted molar refractivity (Wildman–Crippen MR) is 86.0 cm³/mol. The van der Waals surface area contributed by atoms with E-state index in [1.54, 1.807) is 11.8 Å². The molecule has 1 saturated carbocycles. The maximum absolute atomic E-state index is 12.4. The van der Waals surface area contributed by atoms with Gasteiger partial charge in [-0.3, -0.25) is 9.59 Å². The highest BCUT2D eigenvalue weighted by atomic mass is 32.2. The molecule has 1 unspecified atom stereocenters. The van der Waals surface area contributed by atoms with Gasteiger partial charge >= 0.3 is 5.97 Å². The minimum Gasteiger partial charge on any atom is -0.481 e. The van der Waals surface area contributed by atoms with Crippen molar-refractivity contribution in [3.8, 4) is 0 Å². The number of thioether (sulfide) groups is 1. The van der Waals surface area contributed by atoms with Crippen molar-refractivity contribution in [1.29, 1.82) is 0 Å². The van der Waals surface area contributed by atoms with Crippen molar-refractivity contribution in [3.63, 3.8) is 0 Å². The van der Waals surface area contributed by atoms with E-state index in [-0.39, 0.29) is 17.7 Å². The fraction of sp³-hybridized carbons (Fsp3) is 0.529. The molecule has 5 heteroatoms. The lowest BCUT2D eigenvalue weighted by molar-refractivity contribution is -0.151. The molecule has 1 fully saturated rings. The lowest BCUT2D eigenvalue weighted by atomic mass is 9.74. The fourth-order valence-electron chi connectivity index (χ4n) is 3.39. The van der Waals surface area contributed by atoms with Crippen molar-refractivity contribution in [3.05, 3.63) is 29.8 Å². The maximum Gasteiger partial charge on any atom is 0.311 e. The number of carbonyl (C=O) groups excluding carboxylic acids is 1. The highest BCUT2D eigenvalue weighted by molar-refractivity contribution is 8.01. The third-order valence-electron chi connectivity index (χ3n) is 4.80. The van der Waals surface area contributed by atoms with Crippen molar-refractivity contribution < 1.29 is 14.7 Å². The van der Waals surface area contributed by atoms with Gasteiger partial charge in [-0.05, 0) is 30.9 Å². The number of aliphatic carboxylic acids is 1. The van der Waals surface area contributed by atoms with Gasteiger partial charge in [0.15, 0.2) is 0 Å². The van der Waals surface area contributed by atoms with Crippen LogP contribution in [-0.2, 0) is 16.0 Å². The molecule has 1 heterocycles. The third-order valence-corrected chi connectivity index (χ3v) is 6.12. The van der Waals surface area contributed by atoms with Gasteiger partial charge in [0.05, 0.1) is 10.7 Å². The molecule has 1 aliphatic heterocycles. The first-order chi connectivity index (χ1) is 10.6. The van der Waals surface area contributed by atoms with E-state index in [9.17, 15) is 14.7 Å². The Morgan fingerprint density at radius 1 is 1.23 bits per heavy atom. The van der Waals surface area contributed by atoms with E-state index in [2.05, 4.69) is 11.4 Å². The molecule has 0 spiro atoms. The van der Waals surface area contributed by atoms with Crippen LogP contribution in [-0.4, -0.2) is 28.8 Å². The quantitative estimate of drug-likeness (QED) is 0.895. The predicted octanol–water partition coefficient (Wildman–Crippen LogP) is 2.85. The first-order valence-corrected chi connectivity index (χ1v) is 8.74. The minimum atomic E-state index is -0.769. The van der Waals surface area contributed by atoms with Crippen LogP contribution in [0.4, 0.5) is 0 Å². The number of hydrogen-bond acceptors (Lipinski definition) is 3. The SMILES string of the molecule is O=C(NCC1(C(=O)O)CCCCC1)C1Cc2ccccc2S1. The second-order valence-corrected chi connectivity index (χ2v) is 7.53. The summed E-state index contributed by atoms with van der Waals surface area (Å²) in [7, 11) is 0. The molecule has 1 atom stereocenters. The van der Waals surface area contributed by atoms with Crippen LogP contribution in [0, 0.1) is 5.41 Å². The Hall–Kier alpha value is -1.49. The normalized spacial score (nSPS) is 22.8. The van der Waals surface area contributed by atoms with Gasteiger partial charge in [0.25, 0.3) is 0 Å². The second-order valence-electron chi connectivity index (χ2n) is 6.28. The molecule has 1 aromatic carbocycles. The van der Waals surface area contributed by atoms with Gasteiger partial charge in [0, 0.05) is 11.4 Å². The highest BCUT2D eigenvalue weighted by Gasteiger charge is 2.40. The summed E-state index contributed by atoms with van der Waals surface area (Å²) in [6.45, 7) is 0.259. The summed E-state index contributed by atoms with van der Waals surface area (Å²) in [6.07, 6.45) is 5.03. The largest absolute Gasteiger partial charge is 0.481 e. The van der Waals surface area contributed by atoms with E-state index in [1.807, 2.05) is 18.2 Å². The number of carboxylic acids is 1. The van der Waals surface area contributed by atoms with Crippen molar-refractivity contribution in [2.75, 3.05) is 6.54 Å². The number of benzene rings is 1. The Morgan fingerprint density at radius 3 is 2.64 bits per heavy atom. The minimum absolute atomic E-state index is 0.0348. The number of nitrogens with one attached hydrogen (secondary N) is 1. The maximum atomic E-state index is 12.4. The van der Waals surface area contributed by atoms with Gasteiger partial charge in [-0.15, -0.1) is 11.8 Å². The van der Waals surface area contributed by atoms with Crippen LogP contribution in [0.5, 0.6) is 0 Å². The average Bonchev–Trinajstić information content (AvgIpc) is 2.97. The number of hydrogen-bond donors (Lipinski definition) is 2. The third kappa shape index (κ3) is 3.00. The number of rotatable bonds is 4. The van der Waals surface area contributed by atoms with Crippen molar-refractivity contribution in [1.82, 2.24) is 5.32 Å². The van der Waals surface area contributed by atoms with Gasteiger partial charge in [-0.1, -0.05) is 37.5 Å². The number of carboxylic acid groups (broad SMARTS) is 1. The van der Waals surface area contributed by atoms with E-state index in [1.165, 1.54) is 5.56 Å². The Bertz CT molecular complexity index is 556. The van der Waals surface area contributed by atoms with Gasteiger partial charge in [0.1, 0.15) is 0 Å². The molecule has 1 aliphatic carbocycles. The average molecular weight is 319 g/mol. The van der Waals surface area contributed by atoms with Gasteiger partial charge in [-0.2, -0.15) is 0 Å². The molecular formula is C17H21NO3S. The molecule has 2 N–H and O–H groups in total. The summed E-state index contributed by atoms with van der Waals surface area (Å²) in [6, 6.07) is 8.05. The molecule has 0 saturated heterocycles. The standard InChI is InChI=1S/C17H21NO3S/c19-15(14-10-12-6-2-3-7-13(12)22-14)18-11-17(16(20)21)8-4-1-5-9-17/h2-3,6-7,14H,1,4-5,8-11H2,(H,18,19)(H,20,21). The van der Waals surface area contributed by atoms with E-state index < -0.39 is 11.4 Å². The van der Waals surface area contributed by atoms with Gasteiger partial charge in [-0.25, -0.2) is 0 Å². The van der Waals surface area contributed by atoms with Crippen LogP contribution in [0.3, 0.4) is 0 Å². The zero-order valence-electron chi connectivity index (χ0n) is 12.5. The van der Waals surface area contributed by atoms with E-state index in [0.29, 0.717) is 12.8 Å². The number of fused-ring (bicyclic) bond motifs is 1. The number of carbonyl (C=O) groups is 2. The summed E-state index contributed by atoms with van der Waals surface area (Å²) in [5.74, 6) is -0.803. The smallest absolute Gasteiger partial charge is 0.311 e. The molecule has 0 aromatic heterocycles. The lowest BCUT2D eigenvalue weighted by Gasteiger charge is -2.33. The van der Waals surface area contributed by atoms with Crippen LogP contribution in [0.25, 0.3) is 0 Å². The molecule has 1 amide bonds. The Morgan fingerprint density at radius 2 is 1.95 bits per heavy atom. The molecule has 22 heavy (non-hydrogen) atoms. The molecule has 2 aliphatic rings. The van der Waals surface area contributed by atoms with Crippen LogP contribution in [0.15, 0.2) is 29.2 Å². The molecule has 0 bridgehead atoms. The first-order valence-electron chi connectivity index (χ1n) is 7.86.